The number of carbonyl (C=O) groups is 1. The lowest BCUT2D eigenvalue weighted by Crippen LogP contribution is -2.27. The lowest BCUT2D eigenvalue weighted by Gasteiger charge is -2.12. The first-order valence-electron chi connectivity index (χ1n) is 12.2. The van der Waals surface area contributed by atoms with Crippen molar-refractivity contribution in [1.29, 1.82) is 0 Å². The van der Waals surface area contributed by atoms with Crippen LogP contribution in [0.2, 0.25) is 0 Å². The summed E-state index contributed by atoms with van der Waals surface area (Å²) in [6, 6.07) is 19.7. The third-order valence-electron chi connectivity index (χ3n) is 6.02. The number of thioether (sulfide) groups is 1. The van der Waals surface area contributed by atoms with Gasteiger partial charge in [-0.05, 0) is 67.4 Å². The fourth-order valence-electron chi connectivity index (χ4n) is 4.05. The summed E-state index contributed by atoms with van der Waals surface area (Å²) in [5, 5.41) is 4.91. The highest BCUT2D eigenvalue weighted by molar-refractivity contribution is 8.26. The van der Waals surface area contributed by atoms with E-state index in [2.05, 4.69) is 13.0 Å². The monoisotopic (exact) mass is 529 g/mol. The molecule has 1 aliphatic rings. The van der Waals surface area contributed by atoms with Crippen LogP contribution in [0.15, 0.2) is 82.4 Å². The number of aryl methyl sites for hydroxylation is 1. The summed E-state index contributed by atoms with van der Waals surface area (Å²) in [5.74, 6) is 1.42. The number of para-hydroxylation sites is 1. The van der Waals surface area contributed by atoms with Crippen LogP contribution in [0.25, 0.3) is 23.0 Å². The number of benzene rings is 2. The van der Waals surface area contributed by atoms with Crippen molar-refractivity contribution in [2.45, 2.75) is 33.2 Å². The molecular weight excluding hydrogens is 502 g/mol. The summed E-state index contributed by atoms with van der Waals surface area (Å²) in [4.78, 5) is 15.4. The molecule has 1 amide bonds. The highest BCUT2D eigenvalue weighted by atomic mass is 32.2. The van der Waals surface area contributed by atoms with Crippen molar-refractivity contribution >= 4 is 40.3 Å². The average Bonchev–Trinajstić information content (AvgIpc) is 3.63. The molecule has 2 aromatic heterocycles. The molecule has 0 N–H and O–H groups in total. The topological polar surface area (TPSA) is 60.5 Å². The summed E-state index contributed by atoms with van der Waals surface area (Å²) in [6.45, 7) is 5.20. The summed E-state index contributed by atoms with van der Waals surface area (Å²) >= 11 is 6.81. The minimum absolute atomic E-state index is 0.138. The van der Waals surface area contributed by atoms with Gasteiger partial charge in [0.15, 0.2) is 0 Å². The third-order valence-corrected chi connectivity index (χ3v) is 7.40. The van der Waals surface area contributed by atoms with Gasteiger partial charge in [0.25, 0.3) is 5.91 Å². The molecule has 2 aromatic carbocycles. The van der Waals surface area contributed by atoms with Crippen molar-refractivity contribution in [3.8, 4) is 22.7 Å². The number of aromatic nitrogens is 2. The van der Waals surface area contributed by atoms with E-state index in [0.717, 1.165) is 46.7 Å². The molecule has 37 heavy (non-hydrogen) atoms. The zero-order chi connectivity index (χ0) is 25.8. The van der Waals surface area contributed by atoms with Gasteiger partial charge in [-0.3, -0.25) is 9.69 Å². The van der Waals surface area contributed by atoms with Crippen LogP contribution in [0, 0.1) is 6.92 Å². The third kappa shape index (κ3) is 5.55. The Balaban J connectivity index is 1.50. The molecule has 6 nitrogen and oxygen atoms in total. The van der Waals surface area contributed by atoms with E-state index in [0.29, 0.717) is 28.1 Å². The van der Waals surface area contributed by atoms with E-state index in [-0.39, 0.29) is 5.91 Å². The smallest absolute Gasteiger partial charge is 0.266 e. The predicted octanol–water partition coefficient (Wildman–Crippen LogP) is 7.02. The minimum Gasteiger partial charge on any atom is -0.493 e. The zero-order valence-corrected chi connectivity index (χ0v) is 22.3. The summed E-state index contributed by atoms with van der Waals surface area (Å²) < 4.78 is 13.7. The quantitative estimate of drug-likeness (QED) is 0.132. The van der Waals surface area contributed by atoms with Crippen LogP contribution in [0.3, 0.4) is 0 Å². The largest absolute Gasteiger partial charge is 0.493 e. The summed E-state index contributed by atoms with van der Waals surface area (Å²) in [5.41, 5.74) is 4.54. The van der Waals surface area contributed by atoms with Crippen LogP contribution in [0.4, 0.5) is 0 Å². The van der Waals surface area contributed by atoms with Crippen LogP contribution in [-0.2, 0) is 11.3 Å². The van der Waals surface area contributed by atoms with Crippen molar-refractivity contribution in [2.24, 2.45) is 0 Å². The number of unbranched alkanes of at least 4 members (excludes halogenated alkanes) is 1. The van der Waals surface area contributed by atoms with Crippen LogP contribution in [0.1, 0.15) is 36.7 Å². The standard InChI is InChI=1S/C29H27N3O3S2/c1-3-4-14-35-25-13-12-21(16-20(25)2)27-22(18-32(30-27)23-9-6-5-7-10-23)17-26-28(33)31(29(36)37-26)19-24-11-8-15-34-24/h5-13,15-18H,3-4,14,19H2,1-2H3. The molecule has 0 spiro atoms. The molecular formula is C29H27N3O3S2. The first kappa shape index (κ1) is 25.0. The number of furan rings is 1. The molecule has 0 atom stereocenters. The van der Waals surface area contributed by atoms with Crippen molar-refractivity contribution < 1.29 is 13.9 Å². The lowest BCUT2D eigenvalue weighted by molar-refractivity contribution is -0.122. The predicted molar refractivity (Wildman–Crippen MR) is 152 cm³/mol. The Bertz CT molecular complexity index is 1440. The fourth-order valence-corrected chi connectivity index (χ4v) is 5.30. The molecule has 0 unspecified atom stereocenters. The Labute approximate surface area is 225 Å². The number of ether oxygens (including phenoxy) is 1. The Morgan fingerprint density at radius 3 is 2.70 bits per heavy atom. The molecule has 1 fully saturated rings. The van der Waals surface area contributed by atoms with Gasteiger partial charge in [0.2, 0.25) is 0 Å². The van der Waals surface area contributed by atoms with Crippen molar-refractivity contribution in [3.05, 3.63) is 94.9 Å². The van der Waals surface area contributed by atoms with E-state index in [1.54, 1.807) is 17.2 Å². The maximum atomic E-state index is 13.3. The highest BCUT2D eigenvalue weighted by Gasteiger charge is 2.33. The maximum absolute atomic E-state index is 13.3. The van der Waals surface area contributed by atoms with Gasteiger partial charge < -0.3 is 9.15 Å². The molecule has 5 rings (SSSR count). The molecule has 1 saturated heterocycles. The SMILES string of the molecule is CCCCOc1ccc(-c2nn(-c3ccccc3)cc2C=C2SC(=S)N(Cc3ccco3)C2=O)cc1C. The number of nitrogens with zero attached hydrogens (tertiary/aromatic N) is 3. The van der Waals surface area contributed by atoms with E-state index in [1.165, 1.54) is 11.8 Å². The van der Waals surface area contributed by atoms with Gasteiger partial charge in [0.05, 0.1) is 30.0 Å². The van der Waals surface area contributed by atoms with Crippen LogP contribution in [-0.4, -0.2) is 31.5 Å². The molecule has 1 aliphatic heterocycles. The van der Waals surface area contributed by atoms with Gasteiger partial charge >= 0.3 is 0 Å². The second kappa shape index (κ2) is 11.2. The number of hydrogen-bond acceptors (Lipinski definition) is 6. The van der Waals surface area contributed by atoms with Gasteiger partial charge in [-0.2, -0.15) is 5.10 Å². The van der Waals surface area contributed by atoms with Crippen LogP contribution in [0.5, 0.6) is 5.75 Å². The number of amides is 1. The van der Waals surface area contributed by atoms with Gasteiger partial charge in [0.1, 0.15) is 21.5 Å². The van der Waals surface area contributed by atoms with Gasteiger partial charge in [-0.25, -0.2) is 4.68 Å². The highest BCUT2D eigenvalue weighted by Crippen LogP contribution is 2.36. The molecule has 8 heteroatoms. The van der Waals surface area contributed by atoms with Gasteiger partial charge in [-0.1, -0.05) is 55.5 Å². The normalized spacial score (nSPS) is 14.6. The van der Waals surface area contributed by atoms with Crippen molar-refractivity contribution in [2.75, 3.05) is 6.61 Å². The Morgan fingerprint density at radius 1 is 1.14 bits per heavy atom. The first-order chi connectivity index (χ1) is 18.0. The van der Waals surface area contributed by atoms with E-state index in [4.69, 9.17) is 26.5 Å². The summed E-state index contributed by atoms with van der Waals surface area (Å²) in [6.07, 6.45) is 7.53. The second-order valence-corrected chi connectivity index (χ2v) is 10.4. The maximum Gasteiger partial charge on any atom is 0.266 e. The van der Waals surface area contributed by atoms with Crippen LogP contribution >= 0.6 is 24.0 Å². The number of thiocarbonyl (C=S) groups is 1. The fraction of sp³-hybridized carbons (Fsp3) is 0.207. The number of carbonyl (C=O) groups excluding carboxylic acids is 1. The minimum atomic E-state index is -0.138. The van der Waals surface area contributed by atoms with E-state index in [1.807, 2.05) is 72.4 Å². The second-order valence-electron chi connectivity index (χ2n) is 8.74. The molecule has 0 bridgehead atoms. The van der Waals surface area contributed by atoms with E-state index < -0.39 is 0 Å². The molecule has 0 aliphatic carbocycles. The van der Waals surface area contributed by atoms with Crippen molar-refractivity contribution in [1.82, 2.24) is 14.7 Å². The van der Waals surface area contributed by atoms with Gasteiger partial charge in [-0.15, -0.1) is 0 Å². The molecule has 4 aromatic rings. The van der Waals surface area contributed by atoms with Crippen molar-refractivity contribution in [3.63, 3.8) is 0 Å². The lowest BCUT2D eigenvalue weighted by atomic mass is 10.0. The Kier molecular flexibility index (Phi) is 7.58. The zero-order valence-electron chi connectivity index (χ0n) is 20.7. The molecule has 0 saturated carbocycles. The average molecular weight is 530 g/mol. The Morgan fingerprint density at radius 2 is 1.97 bits per heavy atom. The van der Waals surface area contributed by atoms with Gasteiger partial charge in [0, 0.05) is 17.3 Å². The van der Waals surface area contributed by atoms with E-state index in [9.17, 15) is 4.79 Å². The number of hydrogen-bond donors (Lipinski definition) is 0. The van der Waals surface area contributed by atoms with E-state index >= 15 is 0 Å². The number of rotatable bonds is 9. The molecule has 3 heterocycles. The molecule has 188 valence electrons. The van der Waals surface area contributed by atoms with Crippen LogP contribution < -0.4 is 4.74 Å². The molecule has 0 radical (unpaired) electrons. The summed E-state index contributed by atoms with van der Waals surface area (Å²) in [7, 11) is 0. The Hall–Kier alpha value is -3.62. The first-order valence-corrected chi connectivity index (χ1v) is 13.4.